The Labute approximate surface area is 178 Å². The largest absolute Gasteiger partial charge is 0.342 e. The molecular weight excluding hydrogens is 384 g/mol. The first-order valence-corrected chi connectivity index (χ1v) is 11.0. The second kappa shape index (κ2) is 10.0. The van der Waals surface area contributed by atoms with Gasteiger partial charge in [-0.1, -0.05) is 12.8 Å². The summed E-state index contributed by atoms with van der Waals surface area (Å²) in [6, 6.07) is 5.66. The lowest BCUT2D eigenvalue weighted by molar-refractivity contribution is -0.384. The second-order valence-electron chi connectivity index (χ2n) is 8.13. The minimum absolute atomic E-state index is 0.0225. The van der Waals surface area contributed by atoms with E-state index in [0.717, 1.165) is 25.9 Å². The van der Waals surface area contributed by atoms with Gasteiger partial charge in [-0.3, -0.25) is 24.6 Å². The lowest BCUT2D eigenvalue weighted by Gasteiger charge is -2.42. The molecule has 3 rings (SSSR count). The smallest absolute Gasteiger partial charge is 0.269 e. The highest BCUT2D eigenvalue weighted by Gasteiger charge is 2.38. The Morgan fingerprint density at radius 3 is 2.13 bits per heavy atom. The van der Waals surface area contributed by atoms with Gasteiger partial charge in [0, 0.05) is 57.0 Å². The number of amides is 2. The predicted molar refractivity (Wildman–Crippen MR) is 114 cm³/mol. The zero-order valence-corrected chi connectivity index (χ0v) is 18.0. The highest BCUT2D eigenvalue weighted by atomic mass is 16.6. The molecule has 1 saturated heterocycles. The third-order valence-electron chi connectivity index (χ3n) is 6.49. The molecule has 164 valence electrons. The van der Waals surface area contributed by atoms with Crippen LogP contribution < -0.4 is 0 Å². The number of benzene rings is 1. The standard InChI is InChI=1S/C22H32N4O4/c1-3-23(4-2)22(28)20(17-7-5-6-8-17)24-13-15-25(16-14-24)21(27)18-9-11-19(12-10-18)26(29)30/h9-12,17,20H,3-8,13-16H2,1-2H3. The molecule has 8 heteroatoms. The van der Waals surface area contributed by atoms with Crippen molar-refractivity contribution in [2.75, 3.05) is 39.3 Å². The molecule has 0 aromatic heterocycles. The van der Waals surface area contributed by atoms with E-state index < -0.39 is 4.92 Å². The summed E-state index contributed by atoms with van der Waals surface area (Å²) >= 11 is 0. The zero-order valence-electron chi connectivity index (χ0n) is 18.0. The van der Waals surface area contributed by atoms with Crippen LogP contribution in [0.1, 0.15) is 49.9 Å². The number of piperazine rings is 1. The normalized spacial score (nSPS) is 18.9. The molecule has 0 bridgehead atoms. The van der Waals surface area contributed by atoms with Gasteiger partial charge in [0.25, 0.3) is 11.6 Å². The van der Waals surface area contributed by atoms with Crippen molar-refractivity contribution < 1.29 is 14.5 Å². The van der Waals surface area contributed by atoms with E-state index >= 15 is 0 Å². The van der Waals surface area contributed by atoms with Crippen molar-refractivity contribution in [1.29, 1.82) is 0 Å². The first kappa shape index (κ1) is 22.2. The minimum atomic E-state index is -0.469. The van der Waals surface area contributed by atoms with Crippen molar-refractivity contribution >= 4 is 17.5 Å². The number of nitro benzene ring substituents is 1. The fourth-order valence-electron chi connectivity index (χ4n) is 4.76. The quantitative estimate of drug-likeness (QED) is 0.504. The summed E-state index contributed by atoms with van der Waals surface area (Å²) in [5.41, 5.74) is 0.436. The van der Waals surface area contributed by atoms with Crippen molar-refractivity contribution in [1.82, 2.24) is 14.7 Å². The van der Waals surface area contributed by atoms with Gasteiger partial charge in [0.15, 0.2) is 0 Å². The number of likely N-dealkylation sites (N-methyl/N-ethyl adjacent to an activating group) is 1. The van der Waals surface area contributed by atoms with Crippen LogP contribution in [0.2, 0.25) is 0 Å². The topological polar surface area (TPSA) is 87.0 Å². The van der Waals surface area contributed by atoms with Crippen molar-refractivity contribution in [3.63, 3.8) is 0 Å². The molecule has 30 heavy (non-hydrogen) atoms. The number of non-ortho nitro benzene ring substituents is 1. The molecule has 2 fully saturated rings. The van der Waals surface area contributed by atoms with Crippen LogP contribution in [0.25, 0.3) is 0 Å². The van der Waals surface area contributed by atoms with Crippen molar-refractivity contribution in [2.24, 2.45) is 5.92 Å². The summed E-state index contributed by atoms with van der Waals surface area (Å²) in [6.07, 6.45) is 4.57. The average Bonchev–Trinajstić information content (AvgIpc) is 3.29. The Bertz CT molecular complexity index is 749. The van der Waals surface area contributed by atoms with Crippen LogP contribution in [0.5, 0.6) is 0 Å². The van der Waals surface area contributed by atoms with Gasteiger partial charge in [-0.25, -0.2) is 0 Å². The minimum Gasteiger partial charge on any atom is -0.342 e. The Morgan fingerprint density at radius 2 is 1.63 bits per heavy atom. The number of nitrogens with zero attached hydrogens (tertiary/aromatic N) is 4. The average molecular weight is 417 g/mol. The molecule has 2 amide bonds. The number of hydrogen-bond acceptors (Lipinski definition) is 5. The van der Waals surface area contributed by atoms with Crippen molar-refractivity contribution in [3.05, 3.63) is 39.9 Å². The fraction of sp³-hybridized carbons (Fsp3) is 0.636. The lowest BCUT2D eigenvalue weighted by Crippen LogP contribution is -2.58. The summed E-state index contributed by atoms with van der Waals surface area (Å²) in [4.78, 5) is 42.4. The molecule has 0 radical (unpaired) electrons. The second-order valence-corrected chi connectivity index (χ2v) is 8.13. The van der Waals surface area contributed by atoms with Gasteiger partial charge in [-0.05, 0) is 44.7 Å². The maximum absolute atomic E-state index is 13.3. The van der Waals surface area contributed by atoms with Gasteiger partial charge in [-0.15, -0.1) is 0 Å². The summed E-state index contributed by atoms with van der Waals surface area (Å²) in [5.74, 6) is 0.508. The summed E-state index contributed by atoms with van der Waals surface area (Å²) in [7, 11) is 0. The first-order chi connectivity index (χ1) is 14.5. The summed E-state index contributed by atoms with van der Waals surface area (Å²) in [6.45, 7) is 7.95. The van der Waals surface area contributed by atoms with E-state index in [1.807, 2.05) is 18.7 Å². The molecule has 1 saturated carbocycles. The molecule has 0 N–H and O–H groups in total. The zero-order chi connectivity index (χ0) is 21.7. The molecule has 1 aromatic rings. The molecule has 0 spiro atoms. The van der Waals surface area contributed by atoms with Crippen LogP contribution in [-0.2, 0) is 4.79 Å². The molecule has 1 atom stereocenters. The van der Waals surface area contributed by atoms with E-state index in [0.29, 0.717) is 37.7 Å². The Balaban J connectivity index is 1.66. The van der Waals surface area contributed by atoms with Crippen LogP contribution >= 0.6 is 0 Å². The maximum Gasteiger partial charge on any atom is 0.269 e. The predicted octanol–water partition coefficient (Wildman–Crippen LogP) is 2.78. The van der Waals surface area contributed by atoms with Gasteiger partial charge in [0.1, 0.15) is 0 Å². The van der Waals surface area contributed by atoms with Gasteiger partial charge in [-0.2, -0.15) is 0 Å². The highest BCUT2D eigenvalue weighted by molar-refractivity contribution is 5.94. The Kier molecular flexibility index (Phi) is 7.42. The van der Waals surface area contributed by atoms with Crippen LogP contribution in [0, 0.1) is 16.0 Å². The van der Waals surface area contributed by atoms with Crippen LogP contribution in [0.15, 0.2) is 24.3 Å². The number of carbonyl (C=O) groups excluding carboxylic acids is 2. The van der Waals surface area contributed by atoms with Gasteiger partial charge in [0.05, 0.1) is 11.0 Å². The SMILES string of the molecule is CCN(CC)C(=O)C(C1CCCC1)N1CCN(C(=O)c2ccc([N+](=O)[O-])cc2)CC1. The molecule has 8 nitrogen and oxygen atoms in total. The third-order valence-corrected chi connectivity index (χ3v) is 6.49. The number of carbonyl (C=O) groups is 2. The summed E-state index contributed by atoms with van der Waals surface area (Å²) < 4.78 is 0. The molecular formula is C22H32N4O4. The Hall–Kier alpha value is -2.48. The molecule has 1 aliphatic carbocycles. The van der Waals surface area contributed by atoms with Gasteiger partial charge >= 0.3 is 0 Å². The van der Waals surface area contributed by atoms with Gasteiger partial charge in [0.2, 0.25) is 5.91 Å². The van der Waals surface area contributed by atoms with E-state index in [-0.39, 0.29) is 23.5 Å². The van der Waals surface area contributed by atoms with Crippen molar-refractivity contribution in [2.45, 2.75) is 45.6 Å². The number of hydrogen-bond donors (Lipinski definition) is 0. The molecule has 1 aromatic carbocycles. The maximum atomic E-state index is 13.3. The third kappa shape index (κ3) is 4.80. The molecule has 1 aliphatic heterocycles. The Morgan fingerprint density at radius 1 is 1.07 bits per heavy atom. The highest BCUT2D eigenvalue weighted by Crippen LogP contribution is 2.32. The van der Waals surface area contributed by atoms with Crippen LogP contribution in [0.4, 0.5) is 5.69 Å². The molecule has 2 aliphatic rings. The fourth-order valence-corrected chi connectivity index (χ4v) is 4.76. The van der Waals surface area contributed by atoms with E-state index in [1.165, 1.54) is 37.1 Å². The number of rotatable bonds is 7. The van der Waals surface area contributed by atoms with E-state index in [4.69, 9.17) is 0 Å². The van der Waals surface area contributed by atoms with Crippen LogP contribution in [0.3, 0.4) is 0 Å². The molecule has 1 unspecified atom stereocenters. The number of nitro groups is 1. The van der Waals surface area contributed by atoms with Crippen LogP contribution in [-0.4, -0.2) is 76.7 Å². The van der Waals surface area contributed by atoms with E-state index in [2.05, 4.69) is 4.90 Å². The summed E-state index contributed by atoms with van der Waals surface area (Å²) in [5, 5.41) is 10.8. The monoisotopic (exact) mass is 416 g/mol. The lowest BCUT2D eigenvalue weighted by atomic mass is 9.94. The van der Waals surface area contributed by atoms with Gasteiger partial charge < -0.3 is 9.80 Å². The van der Waals surface area contributed by atoms with Crippen molar-refractivity contribution in [3.8, 4) is 0 Å². The van der Waals surface area contributed by atoms with E-state index in [9.17, 15) is 19.7 Å². The first-order valence-electron chi connectivity index (χ1n) is 11.0. The molecule has 1 heterocycles. The van der Waals surface area contributed by atoms with E-state index in [1.54, 1.807) is 4.90 Å².